The van der Waals surface area contributed by atoms with Crippen LogP contribution in [-0.4, -0.2) is 70.9 Å². The summed E-state index contributed by atoms with van der Waals surface area (Å²) in [5.74, 6) is -0.483. The number of carbonyl (C=O) groups is 1. The summed E-state index contributed by atoms with van der Waals surface area (Å²) in [6.07, 6.45) is -7.32. The Morgan fingerprint density at radius 1 is 1.18 bits per heavy atom. The number of nitrogens with one attached hydrogen (secondary N) is 1. The van der Waals surface area contributed by atoms with Crippen LogP contribution in [0.4, 0.5) is 26.3 Å². The van der Waals surface area contributed by atoms with Crippen molar-refractivity contribution < 1.29 is 45.3 Å². The van der Waals surface area contributed by atoms with E-state index in [0.717, 1.165) is 0 Å². The van der Waals surface area contributed by atoms with E-state index in [-0.39, 0.29) is 48.0 Å². The van der Waals surface area contributed by atoms with Gasteiger partial charge < -0.3 is 19.4 Å². The van der Waals surface area contributed by atoms with Gasteiger partial charge in [-0.15, -0.1) is 13.2 Å². The zero-order valence-electron chi connectivity index (χ0n) is 17.1. The van der Waals surface area contributed by atoms with Crippen molar-refractivity contribution in [3.63, 3.8) is 0 Å². The minimum atomic E-state index is -4.67. The average Bonchev–Trinajstić information content (AvgIpc) is 3.26. The molecule has 14 heteroatoms. The molecular formula is C19H20F6N4O4. The molecule has 1 amide bonds. The molecule has 0 unspecified atom stereocenters. The molecule has 2 bridgehead atoms. The molecule has 1 aromatic heterocycles. The van der Waals surface area contributed by atoms with Gasteiger partial charge in [-0.25, -0.2) is 9.98 Å². The van der Waals surface area contributed by atoms with E-state index in [4.69, 9.17) is 9.47 Å². The monoisotopic (exact) mass is 482 g/mol. The number of ether oxygens (including phenoxy) is 3. The topological polar surface area (TPSA) is 87.0 Å². The first-order valence-corrected chi connectivity index (χ1v) is 10.3. The van der Waals surface area contributed by atoms with Crippen molar-refractivity contribution in [3.8, 4) is 0 Å². The zero-order valence-corrected chi connectivity index (χ0v) is 17.1. The lowest BCUT2D eigenvalue weighted by Crippen LogP contribution is -2.78. The number of halogens is 6. The van der Waals surface area contributed by atoms with E-state index in [1.165, 1.54) is 6.33 Å². The van der Waals surface area contributed by atoms with E-state index in [1.807, 2.05) is 4.57 Å². The Labute approximate surface area is 183 Å². The predicted octanol–water partition coefficient (Wildman–Crippen LogP) is 2.42. The SMILES string of the molecule is O=C(COC1CC(OC(F)(F)F)C1)NC12CC(n3cnc(C4=NC[C@H](C(F)(F)F)O4)c3)(C1)C2. The first kappa shape index (κ1) is 22.4. The molecule has 1 aromatic rings. The van der Waals surface area contributed by atoms with Gasteiger partial charge in [0.25, 0.3) is 0 Å². The van der Waals surface area contributed by atoms with Gasteiger partial charge in [-0.3, -0.25) is 9.53 Å². The van der Waals surface area contributed by atoms with Gasteiger partial charge in [-0.2, -0.15) is 13.2 Å². The van der Waals surface area contributed by atoms with Crippen LogP contribution in [0.2, 0.25) is 0 Å². The largest absolute Gasteiger partial charge is 0.522 e. The number of hydrogen-bond acceptors (Lipinski definition) is 6. The number of alkyl halides is 6. The van der Waals surface area contributed by atoms with Crippen molar-refractivity contribution in [1.82, 2.24) is 14.9 Å². The average molecular weight is 482 g/mol. The van der Waals surface area contributed by atoms with Crippen LogP contribution in [0, 0.1) is 0 Å². The molecule has 6 rings (SSSR count). The second-order valence-corrected chi connectivity index (χ2v) is 9.13. The van der Waals surface area contributed by atoms with Gasteiger partial charge in [-0.1, -0.05) is 0 Å². The Morgan fingerprint density at radius 2 is 1.88 bits per heavy atom. The summed E-state index contributed by atoms with van der Waals surface area (Å²) >= 11 is 0. The number of aliphatic imine (C=N–C) groups is 1. The van der Waals surface area contributed by atoms with Gasteiger partial charge in [0.15, 0.2) is 0 Å². The maximum Gasteiger partial charge on any atom is 0.522 e. The third-order valence-electron chi connectivity index (χ3n) is 6.58. The maximum atomic E-state index is 12.7. The lowest BCUT2D eigenvalue weighted by molar-refractivity contribution is -0.357. The van der Waals surface area contributed by atoms with Crippen molar-refractivity contribution in [2.45, 2.75) is 74.0 Å². The minimum absolute atomic E-state index is 0.0860. The fourth-order valence-corrected chi connectivity index (χ4v) is 4.98. The Hall–Kier alpha value is -2.35. The van der Waals surface area contributed by atoms with Crippen molar-refractivity contribution in [2.75, 3.05) is 13.2 Å². The van der Waals surface area contributed by atoms with Crippen molar-refractivity contribution in [3.05, 3.63) is 18.2 Å². The van der Waals surface area contributed by atoms with E-state index < -0.39 is 37.4 Å². The number of imidazole rings is 1. The summed E-state index contributed by atoms with van der Waals surface area (Å²) in [6.45, 7) is -0.740. The summed E-state index contributed by atoms with van der Waals surface area (Å²) in [5.41, 5.74) is -0.418. The molecular weight excluding hydrogens is 462 g/mol. The molecule has 33 heavy (non-hydrogen) atoms. The molecule has 0 saturated heterocycles. The molecule has 8 nitrogen and oxygen atoms in total. The Morgan fingerprint density at radius 3 is 2.48 bits per heavy atom. The number of nitrogens with zero attached hydrogens (tertiary/aromatic N) is 3. The summed E-state index contributed by atoms with van der Waals surface area (Å²) in [4.78, 5) is 20.1. The molecule has 1 atom stereocenters. The maximum absolute atomic E-state index is 12.7. The lowest BCUT2D eigenvalue weighted by atomic mass is 9.44. The number of aromatic nitrogens is 2. The molecule has 4 saturated carbocycles. The second kappa shape index (κ2) is 7.32. The van der Waals surface area contributed by atoms with E-state index in [9.17, 15) is 31.1 Å². The zero-order chi connectivity index (χ0) is 23.6. The van der Waals surface area contributed by atoms with Gasteiger partial charge in [0.05, 0.1) is 30.6 Å². The molecule has 5 aliphatic rings. The molecule has 0 spiro atoms. The lowest BCUT2D eigenvalue weighted by Gasteiger charge is -2.70. The number of amides is 1. The highest BCUT2D eigenvalue weighted by Gasteiger charge is 2.69. The smallest absolute Gasteiger partial charge is 0.461 e. The van der Waals surface area contributed by atoms with Gasteiger partial charge in [0, 0.05) is 24.6 Å². The molecule has 0 radical (unpaired) electrons. The predicted molar refractivity (Wildman–Crippen MR) is 97.2 cm³/mol. The van der Waals surface area contributed by atoms with E-state index in [1.54, 1.807) is 6.20 Å². The summed E-state index contributed by atoms with van der Waals surface area (Å²) in [5, 5.41) is 2.91. The van der Waals surface area contributed by atoms with Crippen LogP contribution in [0.15, 0.2) is 17.5 Å². The van der Waals surface area contributed by atoms with Crippen LogP contribution in [0.1, 0.15) is 37.8 Å². The Balaban J connectivity index is 1.05. The van der Waals surface area contributed by atoms with Crippen LogP contribution in [0.25, 0.3) is 0 Å². The molecule has 0 aromatic carbocycles. The van der Waals surface area contributed by atoms with Crippen LogP contribution >= 0.6 is 0 Å². The number of carbonyl (C=O) groups excluding carboxylic acids is 1. The van der Waals surface area contributed by atoms with Crippen LogP contribution < -0.4 is 5.32 Å². The van der Waals surface area contributed by atoms with Crippen molar-refractivity contribution in [2.24, 2.45) is 4.99 Å². The van der Waals surface area contributed by atoms with Crippen molar-refractivity contribution in [1.29, 1.82) is 0 Å². The first-order valence-electron chi connectivity index (χ1n) is 10.3. The first-order chi connectivity index (χ1) is 15.3. The van der Waals surface area contributed by atoms with Crippen LogP contribution in [0.3, 0.4) is 0 Å². The highest BCUT2D eigenvalue weighted by atomic mass is 19.4. The fraction of sp³-hybridized carbons (Fsp3) is 0.737. The van der Waals surface area contributed by atoms with E-state index in [0.29, 0.717) is 19.3 Å². The quantitative estimate of drug-likeness (QED) is 0.604. The van der Waals surface area contributed by atoms with Gasteiger partial charge in [0.1, 0.15) is 12.3 Å². The molecule has 4 fully saturated rings. The number of hydrogen-bond donors (Lipinski definition) is 1. The molecule has 1 N–H and O–H groups in total. The van der Waals surface area contributed by atoms with Gasteiger partial charge in [0.2, 0.25) is 17.9 Å². The molecule has 1 aliphatic heterocycles. The standard InChI is InChI=1S/C19H20F6N4O4/c20-18(21,22)13-3-26-15(32-13)12-4-29(9-27-12)17-6-16(7-17,8-17)28-14(30)5-31-10-1-11(2-10)33-19(23,24)25/h4,9-11,13H,1-3,5-8H2,(H,28,30)/t10?,11?,13-,16?,17?/m1/s1. The van der Waals surface area contributed by atoms with Gasteiger partial charge >= 0.3 is 12.5 Å². The van der Waals surface area contributed by atoms with Crippen molar-refractivity contribution >= 4 is 11.8 Å². The van der Waals surface area contributed by atoms with Crippen LogP contribution in [0.5, 0.6) is 0 Å². The normalized spacial score (nSPS) is 35.1. The highest BCUT2D eigenvalue weighted by molar-refractivity contribution is 5.93. The third kappa shape index (κ3) is 4.29. The Bertz CT molecular complexity index is 948. The van der Waals surface area contributed by atoms with E-state index in [2.05, 4.69) is 20.0 Å². The third-order valence-corrected chi connectivity index (χ3v) is 6.58. The summed E-state index contributed by atoms with van der Waals surface area (Å²) in [6, 6.07) is 0. The van der Waals surface area contributed by atoms with E-state index >= 15 is 0 Å². The fourth-order valence-electron chi connectivity index (χ4n) is 4.98. The Kier molecular flexibility index (Phi) is 4.98. The molecule has 4 aliphatic carbocycles. The summed E-state index contributed by atoms with van der Waals surface area (Å²) in [7, 11) is 0. The van der Waals surface area contributed by atoms with Crippen LogP contribution in [-0.2, 0) is 24.5 Å². The molecule has 182 valence electrons. The second-order valence-electron chi connectivity index (χ2n) is 9.13. The van der Waals surface area contributed by atoms with Gasteiger partial charge in [-0.05, 0) is 19.3 Å². The molecule has 2 heterocycles. The minimum Gasteiger partial charge on any atom is -0.461 e. The number of rotatable bonds is 7. The highest BCUT2D eigenvalue weighted by Crippen LogP contribution is 2.65. The summed E-state index contributed by atoms with van der Waals surface area (Å²) < 4.78 is 90.5.